The summed E-state index contributed by atoms with van der Waals surface area (Å²) in [4.78, 5) is 23.6. The van der Waals surface area contributed by atoms with E-state index in [1.807, 2.05) is 6.92 Å². The van der Waals surface area contributed by atoms with Crippen LogP contribution in [0.3, 0.4) is 0 Å². The fourth-order valence-corrected chi connectivity index (χ4v) is 2.12. The van der Waals surface area contributed by atoms with Gasteiger partial charge in [0.25, 0.3) is 0 Å². The molecule has 0 aliphatic rings. The molecule has 27 heavy (non-hydrogen) atoms. The number of hydrogen-bond acceptors (Lipinski definition) is 6. The number of nitrogens with one attached hydrogen (secondary N) is 2. The van der Waals surface area contributed by atoms with Crippen LogP contribution in [0.15, 0.2) is 47.6 Å². The molecule has 0 aliphatic carbocycles. The number of benzene rings is 2. The lowest BCUT2D eigenvalue weighted by atomic mass is 10.2. The largest absolute Gasteiger partial charge is 0.508 e. The highest BCUT2D eigenvalue weighted by Crippen LogP contribution is 2.20. The fourth-order valence-electron chi connectivity index (χ4n) is 2.12. The first kappa shape index (κ1) is 19.8. The molecule has 0 saturated heterocycles. The van der Waals surface area contributed by atoms with Crippen LogP contribution in [-0.2, 0) is 9.59 Å². The molecule has 0 fully saturated rings. The lowest BCUT2D eigenvalue weighted by Crippen LogP contribution is -2.20. The van der Waals surface area contributed by atoms with Crippen molar-refractivity contribution in [1.82, 2.24) is 5.43 Å². The highest BCUT2D eigenvalue weighted by molar-refractivity contribution is 5.93. The average molecular weight is 371 g/mol. The van der Waals surface area contributed by atoms with Crippen LogP contribution in [0.25, 0.3) is 0 Å². The maximum atomic E-state index is 11.9. The summed E-state index contributed by atoms with van der Waals surface area (Å²) in [5.41, 5.74) is 3.22. The van der Waals surface area contributed by atoms with Crippen molar-refractivity contribution in [2.24, 2.45) is 5.10 Å². The number of anilines is 1. The number of nitrogens with zero attached hydrogens (tertiary/aromatic N) is 1. The van der Waals surface area contributed by atoms with E-state index in [-0.39, 0.29) is 30.2 Å². The molecule has 8 nitrogen and oxygen atoms in total. The Morgan fingerprint density at radius 3 is 2.44 bits per heavy atom. The zero-order valence-electron chi connectivity index (χ0n) is 14.8. The quantitative estimate of drug-likeness (QED) is 0.419. The molecule has 8 heteroatoms. The Hall–Kier alpha value is -3.55. The van der Waals surface area contributed by atoms with Crippen molar-refractivity contribution in [3.8, 4) is 17.2 Å². The molecule has 0 unspecified atom stereocenters. The summed E-state index contributed by atoms with van der Waals surface area (Å²) in [6, 6.07) is 10.9. The molecule has 0 bridgehead atoms. The van der Waals surface area contributed by atoms with Crippen molar-refractivity contribution < 1.29 is 24.5 Å². The Labute approximate surface area is 156 Å². The Bertz CT molecular complexity index is 819. The van der Waals surface area contributed by atoms with Gasteiger partial charge in [0.1, 0.15) is 17.2 Å². The second-order valence-electron chi connectivity index (χ2n) is 5.54. The van der Waals surface area contributed by atoms with Crippen LogP contribution in [0.5, 0.6) is 17.2 Å². The zero-order valence-corrected chi connectivity index (χ0v) is 14.8. The van der Waals surface area contributed by atoms with Crippen LogP contribution in [0.1, 0.15) is 25.3 Å². The van der Waals surface area contributed by atoms with Gasteiger partial charge in [0.15, 0.2) is 0 Å². The summed E-state index contributed by atoms with van der Waals surface area (Å²) >= 11 is 0. The number of rotatable bonds is 8. The minimum absolute atomic E-state index is 0.000968. The third-order valence-corrected chi connectivity index (χ3v) is 3.44. The lowest BCUT2D eigenvalue weighted by molar-refractivity contribution is -0.124. The first-order chi connectivity index (χ1) is 13.0. The topological polar surface area (TPSA) is 120 Å². The Morgan fingerprint density at radius 2 is 1.78 bits per heavy atom. The highest BCUT2D eigenvalue weighted by atomic mass is 16.5. The van der Waals surface area contributed by atoms with Gasteiger partial charge in [0.2, 0.25) is 11.8 Å². The fraction of sp³-hybridized carbons (Fsp3) is 0.211. The molecule has 2 amide bonds. The number of amides is 2. The molecule has 2 rings (SSSR count). The summed E-state index contributed by atoms with van der Waals surface area (Å²) in [5, 5.41) is 25.2. The van der Waals surface area contributed by atoms with Gasteiger partial charge in [-0.15, -0.1) is 0 Å². The van der Waals surface area contributed by atoms with Gasteiger partial charge in [0.05, 0.1) is 12.8 Å². The molecule has 2 aromatic carbocycles. The molecule has 4 N–H and O–H groups in total. The minimum Gasteiger partial charge on any atom is -0.508 e. The van der Waals surface area contributed by atoms with Crippen LogP contribution < -0.4 is 15.5 Å². The van der Waals surface area contributed by atoms with Gasteiger partial charge in [0, 0.05) is 30.2 Å². The molecule has 0 radical (unpaired) electrons. The maximum Gasteiger partial charge on any atom is 0.240 e. The second kappa shape index (κ2) is 9.81. The van der Waals surface area contributed by atoms with Crippen molar-refractivity contribution in [3.05, 3.63) is 48.0 Å². The molecule has 0 spiro atoms. The van der Waals surface area contributed by atoms with Crippen LogP contribution in [-0.4, -0.2) is 34.8 Å². The van der Waals surface area contributed by atoms with Crippen molar-refractivity contribution >= 4 is 23.7 Å². The van der Waals surface area contributed by atoms with Crippen molar-refractivity contribution in [3.63, 3.8) is 0 Å². The molecule has 0 atom stereocenters. The summed E-state index contributed by atoms with van der Waals surface area (Å²) in [6.07, 6.45) is 1.20. The molecule has 2 aromatic rings. The van der Waals surface area contributed by atoms with E-state index in [0.717, 1.165) is 6.07 Å². The Balaban J connectivity index is 1.74. The molecular weight excluding hydrogens is 350 g/mol. The van der Waals surface area contributed by atoms with E-state index < -0.39 is 5.91 Å². The summed E-state index contributed by atoms with van der Waals surface area (Å²) in [6.45, 7) is 2.45. The number of carbonyl (C=O) groups is 2. The molecule has 142 valence electrons. The van der Waals surface area contributed by atoms with E-state index in [1.54, 1.807) is 24.3 Å². The monoisotopic (exact) mass is 371 g/mol. The third kappa shape index (κ3) is 6.69. The predicted octanol–water partition coefficient (Wildman–Crippen LogP) is 2.37. The number of carbonyl (C=O) groups excluding carboxylic acids is 2. The molecule has 0 aromatic heterocycles. The van der Waals surface area contributed by atoms with E-state index in [0.29, 0.717) is 23.6 Å². The molecule has 0 saturated carbocycles. The van der Waals surface area contributed by atoms with Crippen LogP contribution in [0, 0.1) is 0 Å². The minimum atomic E-state index is -0.439. The number of phenolic OH excluding ortho intramolecular Hbond substituents is 2. The zero-order chi connectivity index (χ0) is 19.6. The van der Waals surface area contributed by atoms with Gasteiger partial charge in [-0.2, -0.15) is 5.10 Å². The smallest absolute Gasteiger partial charge is 0.240 e. The number of hydrazone groups is 1. The van der Waals surface area contributed by atoms with Crippen molar-refractivity contribution in [2.45, 2.75) is 19.8 Å². The summed E-state index contributed by atoms with van der Waals surface area (Å²) in [5.74, 6) is -0.261. The van der Waals surface area contributed by atoms with Crippen LogP contribution >= 0.6 is 0 Å². The second-order valence-corrected chi connectivity index (χ2v) is 5.54. The summed E-state index contributed by atoms with van der Waals surface area (Å²) < 4.78 is 5.32. The average Bonchev–Trinajstić information content (AvgIpc) is 2.64. The van der Waals surface area contributed by atoms with Gasteiger partial charge < -0.3 is 20.3 Å². The standard InChI is InChI=1S/C19H21N3O5/c1-2-27-16-7-4-14(5-8-16)21-18(25)9-10-19(26)22-20-12-13-3-6-15(23)11-17(13)24/h3-8,11-12,23-24H,2,9-10H2,1H3,(H,21,25)(H,22,26). The van der Waals surface area contributed by atoms with Crippen LogP contribution in [0.4, 0.5) is 5.69 Å². The Kier molecular flexibility index (Phi) is 7.18. The van der Waals surface area contributed by atoms with E-state index in [4.69, 9.17) is 4.74 Å². The molecular formula is C19H21N3O5. The predicted molar refractivity (Wildman–Crippen MR) is 101 cm³/mol. The van der Waals surface area contributed by atoms with Gasteiger partial charge in [-0.25, -0.2) is 5.43 Å². The van der Waals surface area contributed by atoms with E-state index in [1.165, 1.54) is 18.3 Å². The van der Waals surface area contributed by atoms with E-state index >= 15 is 0 Å². The van der Waals surface area contributed by atoms with Gasteiger partial charge in [-0.1, -0.05) is 0 Å². The third-order valence-electron chi connectivity index (χ3n) is 3.44. The Morgan fingerprint density at radius 1 is 1.07 bits per heavy atom. The van der Waals surface area contributed by atoms with Crippen molar-refractivity contribution in [1.29, 1.82) is 0 Å². The van der Waals surface area contributed by atoms with Gasteiger partial charge in [-0.3, -0.25) is 9.59 Å². The van der Waals surface area contributed by atoms with E-state index in [9.17, 15) is 19.8 Å². The van der Waals surface area contributed by atoms with Crippen LogP contribution in [0.2, 0.25) is 0 Å². The highest BCUT2D eigenvalue weighted by Gasteiger charge is 2.07. The summed E-state index contributed by atoms with van der Waals surface area (Å²) in [7, 11) is 0. The SMILES string of the molecule is CCOc1ccc(NC(=O)CCC(=O)NN=Cc2ccc(O)cc2O)cc1. The molecule has 0 aliphatic heterocycles. The first-order valence-electron chi connectivity index (χ1n) is 8.34. The van der Waals surface area contributed by atoms with E-state index in [2.05, 4.69) is 15.8 Å². The normalized spacial score (nSPS) is 10.6. The first-order valence-corrected chi connectivity index (χ1v) is 8.34. The lowest BCUT2D eigenvalue weighted by Gasteiger charge is -2.07. The molecule has 0 heterocycles. The number of phenols is 2. The van der Waals surface area contributed by atoms with Gasteiger partial charge >= 0.3 is 0 Å². The maximum absolute atomic E-state index is 11.9. The number of ether oxygens (including phenoxy) is 1. The van der Waals surface area contributed by atoms with Gasteiger partial charge in [-0.05, 0) is 43.3 Å². The number of hydrogen-bond donors (Lipinski definition) is 4. The van der Waals surface area contributed by atoms with Crippen molar-refractivity contribution in [2.75, 3.05) is 11.9 Å². The number of aromatic hydroxyl groups is 2.